The Morgan fingerprint density at radius 2 is 1.81 bits per heavy atom. The van der Waals surface area contributed by atoms with E-state index in [1.807, 2.05) is 85.4 Å². The fraction of sp³-hybridized carbons (Fsp3) is 0.321. The van der Waals surface area contributed by atoms with Crippen molar-refractivity contribution in [2.75, 3.05) is 19.7 Å². The number of ether oxygens (including phenoxy) is 2. The highest BCUT2D eigenvalue weighted by molar-refractivity contribution is 8.18. The molecule has 2 atom stereocenters. The lowest BCUT2D eigenvalue weighted by Gasteiger charge is -2.35. The Balaban J connectivity index is 1.46. The number of rotatable bonds is 6. The second-order valence-corrected chi connectivity index (χ2v) is 10.1. The minimum absolute atomic E-state index is 0.0974. The molecule has 0 saturated carbocycles. The normalized spacial score (nSPS) is 21.2. The predicted octanol–water partition coefficient (Wildman–Crippen LogP) is 5.41. The molecule has 0 aliphatic carbocycles. The van der Waals surface area contributed by atoms with E-state index < -0.39 is 0 Å². The molecule has 7 nitrogen and oxygen atoms in total. The molecule has 2 aliphatic heterocycles. The van der Waals surface area contributed by atoms with Crippen LogP contribution >= 0.6 is 11.8 Å². The number of amidine groups is 1. The molecule has 36 heavy (non-hydrogen) atoms. The van der Waals surface area contributed by atoms with Crippen LogP contribution in [-0.4, -0.2) is 57.7 Å². The molecule has 186 valence electrons. The van der Waals surface area contributed by atoms with E-state index in [1.54, 1.807) is 0 Å². The molecule has 5 rings (SSSR count). The Hall–Kier alpha value is -3.36. The van der Waals surface area contributed by atoms with Crippen LogP contribution in [0, 0.1) is 0 Å². The SMILES string of the molecule is CCCOc1ccc(-c2nn(-c3ccccc3)cc2/C=C2/SC(N3C[C@H](C)O[C@@H](C)C3)=NC2=O)cc1. The molecule has 0 bridgehead atoms. The molecule has 3 aromatic rings. The number of aromatic nitrogens is 2. The van der Waals surface area contributed by atoms with Crippen LogP contribution in [0.25, 0.3) is 23.0 Å². The number of nitrogens with zero attached hydrogens (tertiary/aromatic N) is 4. The zero-order chi connectivity index (χ0) is 25.1. The van der Waals surface area contributed by atoms with Gasteiger partial charge in [-0.3, -0.25) is 4.79 Å². The van der Waals surface area contributed by atoms with Gasteiger partial charge in [-0.2, -0.15) is 10.1 Å². The number of carbonyl (C=O) groups is 1. The average Bonchev–Trinajstić information content (AvgIpc) is 3.47. The van der Waals surface area contributed by atoms with Crippen molar-refractivity contribution in [1.29, 1.82) is 0 Å². The lowest BCUT2D eigenvalue weighted by molar-refractivity contribution is -0.113. The van der Waals surface area contributed by atoms with Crippen LogP contribution < -0.4 is 4.74 Å². The van der Waals surface area contributed by atoms with Crippen LogP contribution in [0.3, 0.4) is 0 Å². The molecule has 0 N–H and O–H groups in total. The van der Waals surface area contributed by atoms with E-state index in [2.05, 4.69) is 16.8 Å². The lowest BCUT2D eigenvalue weighted by Crippen LogP contribution is -2.47. The zero-order valence-electron chi connectivity index (χ0n) is 20.8. The van der Waals surface area contributed by atoms with Gasteiger partial charge in [-0.25, -0.2) is 4.68 Å². The van der Waals surface area contributed by atoms with Gasteiger partial charge in [-0.15, -0.1) is 0 Å². The number of para-hydroxylation sites is 1. The standard InChI is InChI=1S/C28H30N4O3S/c1-4-14-34-24-12-10-21(11-13-24)26-22(18-32(30-26)23-8-6-5-7-9-23)15-25-27(33)29-28(36-25)31-16-19(2)35-20(3)17-31/h5-13,15,18-20H,4,14,16-17H2,1-3H3/b25-15+/t19-,20-/m0/s1. The van der Waals surface area contributed by atoms with Crippen molar-refractivity contribution in [3.63, 3.8) is 0 Å². The summed E-state index contributed by atoms with van der Waals surface area (Å²) in [6.07, 6.45) is 5.02. The predicted molar refractivity (Wildman–Crippen MR) is 144 cm³/mol. The number of aliphatic imine (C=N–C) groups is 1. The molecule has 1 saturated heterocycles. The first-order chi connectivity index (χ1) is 17.5. The summed E-state index contributed by atoms with van der Waals surface area (Å²) < 4.78 is 13.4. The number of hydrogen-bond donors (Lipinski definition) is 0. The van der Waals surface area contributed by atoms with Gasteiger partial charge >= 0.3 is 0 Å². The number of thioether (sulfide) groups is 1. The number of benzene rings is 2. The van der Waals surface area contributed by atoms with Gasteiger partial charge in [0, 0.05) is 30.4 Å². The lowest BCUT2D eigenvalue weighted by atomic mass is 10.1. The summed E-state index contributed by atoms with van der Waals surface area (Å²) in [7, 11) is 0. The van der Waals surface area contributed by atoms with Crippen molar-refractivity contribution in [1.82, 2.24) is 14.7 Å². The number of hydrogen-bond acceptors (Lipinski definition) is 6. The van der Waals surface area contributed by atoms with Crippen LogP contribution in [0.2, 0.25) is 0 Å². The second kappa shape index (κ2) is 10.7. The van der Waals surface area contributed by atoms with Crippen LogP contribution in [-0.2, 0) is 9.53 Å². The fourth-order valence-electron chi connectivity index (χ4n) is 4.37. The van der Waals surface area contributed by atoms with E-state index in [1.165, 1.54) is 11.8 Å². The van der Waals surface area contributed by atoms with Crippen LogP contribution in [0.5, 0.6) is 5.75 Å². The summed E-state index contributed by atoms with van der Waals surface area (Å²) in [5.74, 6) is 0.611. The van der Waals surface area contributed by atoms with Gasteiger partial charge < -0.3 is 14.4 Å². The van der Waals surface area contributed by atoms with Crippen molar-refractivity contribution < 1.29 is 14.3 Å². The number of morpholine rings is 1. The maximum absolute atomic E-state index is 12.9. The molecule has 0 spiro atoms. The molecule has 3 heterocycles. The summed E-state index contributed by atoms with van der Waals surface area (Å²) in [5.41, 5.74) is 3.55. The van der Waals surface area contributed by atoms with E-state index in [9.17, 15) is 4.79 Å². The van der Waals surface area contributed by atoms with Crippen molar-refractivity contribution in [3.05, 3.63) is 71.3 Å². The average molecular weight is 503 g/mol. The van der Waals surface area contributed by atoms with Gasteiger partial charge in [-0.05, 0) is 74.5 Å². The first kappa shape index (κ1) is 24.3. The Kier molecular flexibility index (Phi) is 7.25. The highest BCUT2D eigenvalue weighted by Gasteiger charge is 2.31. The molecule has 1 aromatic heterocycles. The van der Waals surface area contributed by atoms with Gasteiger partial charge in [0.15, 0.2) is 5.17 Å². The molecular formula is C28H30N4O3S. The molecule has 0 radical (unpaired) electrons. The van der Waals surface area contributed by atoms with Crippen LogP contribution in [0.4, 0.5) is 0 Å². The van der Waals surface area contributed by atoms with E-state index in [-0.39, 0.29) is 18.1 Å². The van der Waals surface area contributed by atoms with Gasteiger partial charge in [0.2, 0.25) is 0 Å². The Morgan fingerprint density at radius 1 is 1.08 bits per heavy atom. The largest absolute Gasteiger partial charge is 0.494 e. The van der Waals surface area contributed by atoms with Crippen molar-refractivity contribution in [2.45, 2.75) is 39.4 Å². The monoisotopic (exact) mass is 502 g/mol. The Labute approximate surface area is 215 Å². The number of carbonyl (C=O) groups excluding carboxylic acids is 1. The smallest absolute Gasteiger partial charge is 0.286 e. The summed E-state index contributed by atoms with van der Waals surface area (Å²) in [6, 6.07) is 17.9. The molecule has 2 aromatic carbocycles. The maximum Gasteiger partial charge on any atom is 0.286 e. The van der Waals surface area contributed by atoms with Gasteiger partial charge in [0.25, 0.3) is 5.91 Å². The molecule has 1 amide bonds. The van der Waals surface area contributed by atoms with Gasteiger partial charge in [-0.1, -0.05) is 25.1 Å². The second-order valence-electron chi connectivity index (χ2n) is 9.06. The molecule has 1 fully saturated rings. The molecule has 0 unspecified atom stereocenters. The summed E-state index contributed by atoms with van der Waals surface area (Å²) >= 11 is 1.42. The highest BCUT2D eigenvalue weighted by atomic mass is 32.2. The van der Waals surface area contributed by atoms with Crippen molar-refractivity contribution >= 4 is 28.9 Å². The Bertz CT molecular complexity index is 1270. The third kappa shape index (κ3) is 5.39. The van der Waals surface area contributed by atoms with Crippen LogP contribution in [0.1, 0.15) is 32.8 Å². The van der Waals surface area contributed by atoms with E-state index in [4.69, 9.17) is 14.6 Å². The third-order valence-corrected chi connectivity index (χ3v) is 6.99. The first-order valence-electron chi connectivity index (χ1n) is 12.3. The van der Waals surface area contributed by atoms with Crippen LogP contribution in [0.15, 0.2) is 70.7 Å². The third-order valence-electron chi connectivity index (χ3n) is 5.95. The van der Waals surface area contributed by atoms with Crippen molar-refractivity contribution in [2.24, 2.45) is 4.99 Å². The highest BCUT2D eigenvalue weighted by Crippen LogP contribution is 2.34. The minimum atomic E-state index is -0.219. The molecule has 8 heteroatoms. The number of amides is 1. The minimum Gasteiger partial charge on any atom is -0.494 e. The summed E-state index contributed by atoms with van der Waals surface area (Å²) in [4.78, 5) is 20.0. The summed E-state index contributed by atoms with van der Waals surface area (Å²) in [5, 5.41) is 5.62. The van der Waals surface area contributed by atoms with E-state index in [0.29, 0.717) is 11.5 Å². The molecular weight excluding hydrogens is 472 g/mol. The van der Waals surface area contributed by atoms with Crippen molar-refractivity contribution in [3.8, 4) is 22.7 Å². The first-order valence-corrected chi connectivity index (χ1v) is 13.1. The fourth-order valence-corrected chi connectivity index (χ4v) is 5.29. The van der Waals surface area contributed by atoms with E-state index in [0.717, 1.165) is 52.9 Å². The van der Waals surface area contributed by atoms with Gasteiger partial charge in [0.1, 0.15) is 5.75 Å². The Morgan fingerprint density at radius 3 is 2.50 bits per heavy atom. The zero-order valence-corrected chi connectivity index (χ0v) is 21.6. The molecule has 2 aliphatic rings. The summed E-state index contributed by atoms with van der Waals surface area (Å²) in [6.45, 7) is 8.30. The quantitative estimate of drug-likeness (QED) is 0.420. The maximum atomic E-state index is 12.9. The topological polar surface area (TPSA) is 68.9 Å². The van der Waals surface area contributed by atoms with E-state index >= 15 is 0 Å². The van der Waals surface area contributed by atoms with Gasteiger partial charge in [0.05, 0.1) is 35.1 Å².